The molecule has 0 bridgehead atoms. The van der Waals surface area contributed by atoms with Crippen molar-refractivity contribution in [3.8, 4) is 0 Å². The number of carbonyl (C=O) groups is 1. The summed E-state index contributed by atoms with van der Waals surface area (Å²) in [5.41, 5.74) is 6.20. The summed E-state index contributed by atoms with van der Waals surface area (Å²) >= 11 is 1.26. The fourth-order valence-electron chi connectivity index (χ4n) is 1.35. The van der Waals surface area contributed by atoms with Crippen LogP contribution in [-0.2, 0) is 4.79 Å². The number of nitrogens with two attached hydrogens (primary N) is 1. The first-order chi connectivity index (χ1) is 7.65. The lowest BCUT2D eigenvalue weighted by molar-refractivity contribution is -0.130. The number of thiazole rings is 1. The van der Waals surface area contributed by atoms with E-state index in [-0.39, 0.29) is 5.57 Å². The third-order valence-corrected chi connectivity index (χ3v) is 2.86. The molecule has 0 radical (unpaired) electrons. The van der Waals surface area contributed by atoms with Gasteiger partial charge in [0.15, 0.2) is 5.13 Å². The summed E-state index contributed by atoms with van der Waals surface area (Å²) in [6.45, 7) is 2.11. The minimum atomic E-state index is -0.943. The van der Waals surface area contributed by atoms with Gasteiger partial charge in [-0.1, -0.05) is 25.8 Å². The Morgan fingerprint density at radius 3 is 2.88 bits per heavy atom. The highest BCUT2D eigenvalue weighted by atomic mass is 32.1. The van der Waals surface area contributed by atoms with E-state index in [9.17, 15) is 4.79 Å². The second-order valence-electron chi connectivity index (χ2n) is 3.49. The summed E-state index contributed by atoms with van der Waals surface area (Å²) in [6.07, 6.45) is 5.74. The lowest BCUT2D eigenvalue weighted by atomic mass is 10.1. The van der Waals surface area contributed by atoms with Gasteiger partial charge in [-0.05, 0) is 12.8 Å². The Labute approximate surface area is 98.8 Å². The predicted molar refractivity (Wildman–Crippen MR) is 66.3 cm³/mol. The van der Waals surface area contributed by atoms with E-state index in [1.54, 1.807) is 11.5 Å². The number of anilines is 1. The molecule has 0 spiro atoms. The van der Waals surface area contributed by atoms with Gasteiger partial charge in [-0.15, -0.1) is 11.3 Å². The van der Waals surface area contributed by atoms with Gasteiger partial charge in [-0.3, -0.25) is 0 Å². The molecule has 0 aliphatic rings. The molecule has 16 heavy (non-hydrogen) atoms. The molecular formula is C11H16N2O2S. The second kappa shape index (κ2) is 6.27. The van der Waals surface area contributed by atoms with E-state index in [2.05, 4.69) is 11.9 Å². The molecule has 1 aromatic rings. The Balaban J connectivity index is 2.71. The predicted octanol–water partition coefficient (Wildman–Crippen LogP) is 2.77. The third-order valence-electron chi connectivity index (χ3n) is 2.18. The molecule has 5 heteroatoms. The zero-order valence-electron chi connectivity index (χ0n) is 9.27. The fraction of sp³-hybridized carbons (Fsp3) is 0.455. The smallest absolute Gasteiger partial charge is 0.337 e. The van der Waals surface area contributed by atoms with Gasteiger partial charge < -0.3 is 10.8 Å². The van der Waals surface area contributed by atoms with Crippen molar-refractivity contribution in [3.05, 3.63) is 17.2 Å². The number of nitrogens with zero attached hydrogens (tertiary/aromatic N) is 1. The van der Waals surface area contributed by atoms with Crippen LogP contribution in [0.5, 0.6) is 0 Å². The number of allylic oxidation sites excluding steroid dienone is 1. The van der Waals surface area contributed by atoms with Crippen molar-refractivity contribution < 1.29 is 9.90 Å². The first kappa shape index (κ1) is 12.7. The number of nitrogen functional groups attached to an aromatic ring is 1. The molecule has 0 unspecified atom stereocenters. The summed E-state index contributed by atoms with van der Waals surface area (Å²) in [6, 6.07) is 0. The lowest BCUT2D eigenvalue weighted by Crippen LogP contribution is -2.00. The van der Waals surface area contributed by atoms with E-state index in [1.807, 2.05) is 0 Å². The molecule has 0 atom stereocenters. The van der Waals surface area contributed by atoms with Gasteiger partial charge in [0.1, 0.15) is 0 Å². The number of unbranched alkanes of at least 4 members (excludes halogenated alkanes) is 3. The molecule has 4 nitrogen and oxygen atoms in total. The number of rotatable bonds is 6. The highest BCUT2D eigenvalue weighted by Gasteiger charge is 2.12. The molecule has 0 aromatic carbocycles. The van der Waals surface area contributed by atoms with Crippen LogP contribution in [0.1, 0.15) is 38.3 Å². The first-order valence-corrected chi connectivity index (χ1v) is 6.18. The van der Waals surface area contributed by atoms with Crippen LogP contribution >= 0.6 is 11.3 Å². The summed E-state index contributed by atoms with van der Waals surface area (Å²) in [7, 11) is 0. The fourth-order valence-corrected chi connectivity index (χ4v) is 1.92. The van der Waals surface area contributed by atoms with E-state index in [0.717, 1.165) is 25.7 Å². The molecule has 0 amide bonds. The first-order valence-electron chi connectivity index (χ1n) is 5.30. The molecule has 0 aliphatic carbocycles. The van der Waals surface area contributed by atoms with Crippen LogP contribution in [-0.4, -0.2) is 16.1 Å². The summed E-state index contributed by atoms with van der Waals surface area (Å²) < 4.78 is 0. The highest BCUT2D eigenvalue weighted by molar-refractivity contribution is 7.13. The molecule has 88 valence electrons. The van der Waals surface area contributed by atoms with Crippen LogP contribution in [0.15, 0.2) is 11.5 Å². The average molecular weight is 240 g/mol. The topological polar surface area (TPSA) is 76.2 Å². The summed E-state index contributed by atoms with van der Waals surface area (Å²) in [4.78, 5) is 15.0. The third kappa shape index (κ3) is 3.66. The molecule has 1 heterocycles. The highest BCUT2D eigenvalue weighted by Crippen LogP contribution is 2.20. The minimum absolute atomic E-state index is 0.254. The van der Waals surface area contributed by atoms with Crippen molar-refractivity contribution in [3.63, 3.8) is 0 Å². The maximum atomic E-state index is 11.0. The molecule has 0 aliphatic heterocycles. The second-order valence-corrected chi connectivity index (χ2v) is 4.38. The quantitative estimate of drug-likeness (QED) is 0.592. The Morgan fingerprint density at radius 2 is 2.38 bits per heavy atom. The average Bonchev–Trinajstić information content (AvgIpc) is 2.64. The van der Waals surface area contributed by atoms with E-state index >= 15 is 0 Å². The van der Waals surface area contributed by atoms with Crippen molar-refractivity contribution in [1.29, 1.82) is 0 Å². The van der Waals surface area contributed by atoms with Gasteiger partial charge in [0, 0.05) is 5.38 Å². The van der Waals surface area contributed by atoms with E-state index in [4.69, 9.17) is 10.8 Å². The van der Waals surface area contributed by atoms with E-state index < -0.39 is 5.97 Å². The molecule has 3 N–H and O–H groups in total. The van der Waals surface area contributed by atoms with E-state index in [0.29, 0.717) is 10.8 Å². The monoisotopic (exact) mass is 240 g/mol. The molecule has 0 fully saturated rings. The lowest BCUT2D eigenvalue weighted by Gasteiger charge is -1.98. The maximum absolute atomic E-state index is 11.0. The molecule has 1 rings (SSSR count). The zero-order valence-corrected chi connectivity index (χ0v) is 10.1. The number of aliphatic carboxylic acids is 1. The van der Waals surface area contributed by atoms with Gasteiger partial charge in [0.2, 0.25) is 0 Å². The number of hydrogen-bond donors (Lipinski definition) is 2. The van der Waals surface area contributed by atoms with Crippen LogP contribution < -0.4 is 5.73 Å². The largest absolute Gasteiger partial charge is 0.478 e. The molecule has 1 aromatic heterocycles. The normalized spacial score (nSPS) is 11.7. The Morgan fingerprint density at radius 1 is 1.62 bits per heavy atom. The van der Waals surface area contributed by atoms with Crippen molar-refractivity contribution in [2.45, 2.75) is 32.6 Å². The molecule has 0 saturated carbocycles. The van der Waals surface area contributed by atoms with Gasteiger partial charge in [-0.2, -0.15) is 0 Å². The van der Waals surface area contributed by atoms with Crippen molar-refractivity contribution in [1.82, 2.24) is 4.98 Å². The van der Waals surface area contributed by atoms with Gasteiger partial charge in [0.25, 0.3) is 0 Å². The standard InChI is InChI=1S/C11H16N2O2S/c1-2-3-4-5-6-8(10(14)15)9-7-16-11(12)13-9/h6-7H,2-5H2,1H3,(H2,12,13)(H,14,15)/b8-6-. The Kier molecular flexibility index (Phi) is 4.98. The summed E-state index contributed by atoms with van der Waals surface area (Å²) in [5, 5.41) is 11.1. The Hall–Kier alpha value is -1.36. The summed E-state index contributed by atoms with van der Waals surface area (Å²) in [5.74, 6) is -0.943. The minimum Gasteiger partial charge on any atom is -0.478 e. The SMILES string of the molecule is CCCCC/C=C(\C(=O)O)c1csc(N)n1. The van der Waals surface area contributed by atoms with Crippen LogP contribution in [0, 0.1) is 0 Å². The number of hydrogen-bond acceptors (Lipinski definition) is 4. The van der Waals surface area contributed by atoms with Gasteiger partial charge in [-0.25, -0.2) is 9.78 Å². The van der Waals surface area contributed by atoms with Crippen LogP contribution in [0.3, 0.4) is 0 Å². The molecular weight excluding hydrogens is 224 g/mol. The van der Waals surface area contributed by atoms with Crippen molar-refractivity contribution >= 4 is 28.0 Å². The Bertz CT molecular complexity index is 385. The van der Waals surface area contributed by atoms with E-state index in [1.165, 1.54) is 11.3 Å². The number of carboxylic acid groups (broad SMARTS) is 1. The van der Waals surface area contributed by atoms with Crippen LogP contribution in [0.25, 0.3) is 5.57 Å². The van der Waals surface area contributed by atoms with Gasteiger partial charge >= 0.3 is 5.97 Å². The number of carboxylic acids is 1. The van der Waals surface area contributed by atoms with Crippen LogP contribution in [0.4, 0.5) is 5.13 Å². The van der Waals surface area contributed by atoms with Crippen molar-refractivity contribution in [2.75, 3.05) is 5.73 Å². The molecule has 0 saturated heterocycles. The van der Waals surface area contributed by atoms with Crippen LogP contribution in [0.2, 0.25) is 0 Å². The maximum Gasteiger partial charge on any atom is 0.337 e. The number of aromatic nitrogens is 1. The van der Waals surface area contributed by atoms with Crippen molar-refractivity contribution in [2.24, 2.45) is 0 Å². The zero-order chi connectivity index (χ0) is 12.0. The van der Waals surface area contributed by atoms with Gasteiger partial charge in [0.05, 0.1) is 11.3 Å².